The summed E-state index contributed by atoms with van der Waals surface area (Å²) in [4.78, 5) is 5.42. The molecular formula is C7H8N2S. The number of pyridine rings is 1. The van der Waals surface area contributed by atoms with Gasteiger partial charge in [-0.2, -0.15) is 0 Å². The summed E-state index contributed by atoms with van der Waals surface area (Å²) in [5.41, 5.74) is 7.76. The highest BCUT2D eigenvalue weighted by Crippen LogP contribution is 2.33. The van der Waals surface area contributed by atoms with E-state index in [-0.39, 0.29) is 0 Å². The molecular weight excluding hydrogens is 144 g/mol. The van der Waals surface area contributed by atoms with Crippen LogP contribution in [0.25, 0.3) is 0 Å². The number of hydrogen-bond acceptors (Lipinski definition) is 3. The number of nitrogens with two attached hydrogens (primary N) is 1. The second kappa shape index (κ2) is 2.16. The van der Waals surface area contributed by atoms with Crippen molar-refractivity contribution in [1.29, 1.82) is 0 Å². The third-order valence-electron chi connectivity index (χ3n) is 1.59. The molecule has 0 fully saturated rings. The van der Waals surface area contributed by atoms with E-state index in [9.17, 15) is 0 Å². The molecule has 1 aliphatic rings. The molecule has 2 N–H and O–H groups in total. The molecule has 0 aliphatic carbocycles. The Morgan fingerprint density at radius 3 is 3.30 bits per heavy atom. The predicted molar refractivity (Wildman–Crippen MR) is 43.1 cm³/mol. The molecule has 0 spiro atoms. The van der Waals surface area contributed by atoms with Crippen molar-refractivity contribution in [2.75, 3.05) is 11.5 Å². The predicted octanol–water partition coefficient (Wildman–Crippen LogP) is 1.31. The Balaban J connectivity index is 2.59. The summed E-state index contributed by atoms with van der Waals surface area (Å²) in [6.45, 7) is 0. The minimum Gasteiger partial charge on any atom is -0.398 e. The van der Waals surface area contributed by atoms with Crippen molar-refractivity contribution in [1.82, 2.24) is 4.98 Å². The number of aromatic nitrogens is 1. The molecule has 1 aliphatic heterocycles. The molecule has 0 saturated carbocycles. The van der Waals surface area contributed by atoms with Crippen LogP contribution in [0.3, 0.4) is 0 Å². The number of aryl methyl sites for hydroxylation is 1. The lowest BCUT2D eigenvalue weighted by Gasteiger charge is -1.98. The van der Waals surface area contributed by atoms with Crippen LogP contribution < -0.4 is 5.73 Å². The molecule has 1 aromatic rings. The Hall–Kier alpha value is -0.700. The summed E-state index contributed by atoms with van der Waals surface area (Å²) in [5.74, 6) is 1.14. The molecule has 0 radical (unpaired) electrons. The molecule has 2 nitrogen and oxygen atoms in total. The van der Waals surface area contributed by atoms with E-state index in [0.29, 0.717) is 0 Å². The second-order valence-corrected chi connectivity index (χ2v) is 3.38. The van der Waals surface area contributed by atoms with Crippen molar-refractivity contribution in [2.24, 2.45) is 0 Å². The van der Waals surface area contributed by atoms with Gasteiger partial charge in [-0.3, -0.25) is 4.98 Å². The SMILES string of the molecule is Nc1ccnc2c1SCC2. The summed E-state index contributed by atoms with van der Waals surface area (Å²) < 4.78 is 0. The molecule has 0 aromatic carbocycles. The maximum absolute atomic E-state index is 5.71. The smallest absolute Gasteiger partial charge is 0.0568 e. The average molecular weight is 152 g/mol. The highest BCUT2D eigenvalue weighted by molar-refractivity contribution is 7.99. The van der Waals surface area contributed by atoms with Crippen molar-refractivity contribution < 1.29 is 0 Å². The van der Waals surface area contributed by atoms with Crippen LogP contribution in [-0.2, 0) is 6.42 Å². The van der Waals surface area contributed by atoms with Crippen LogP contribution in [0.5, 0.6) is 0 Å². The Bertz CT molecular complexity index is 260. The Kier molecular flexibility index (Phi) is 1.31. The lowest BCUT2D eigenvalue weighted by atomic mass is 10.3. The monoisotopic (exact) mass is 152 g/mol. The lowest BCUT2D eigenvalue weighted by molar-refractivity contribution is 1.03. The molecule has 2 heterocycles. The molecule has 0 saturated heterocycles. The van der Waals surface area contributed by atoms with Gasteiger partial charge in [-0.15, -0.1) is 11.8 Å². The van der Waals surface area contributed by atoms with E-state index in [0.717, 1.165) is 17.9 Å². The van der Waals surface area contributed by atoms with Crippen LogP contribution in [-0.4, -0.2) is 10.7 Å². The van der Waals surface area contributed by atoms with Crippen LogP contribution >= 0.6 is 11.8 Å². The molecule has 10 heavy (non-hydrogen) atoms. The van der Waals surface area contributed by atoms with E-state index in [4.69, 9.17) is 5.73 Å². The lowest BCUT2D eigenvalue weighted by Crippen LogP contribution is -1.91. The molecule has 0 bridgehead atoms. The maximum Gasteiger partial charge on any atom is 0.0568 e. The molecule has 3 heteroatoms. The van der Waals surface area contributed by atoms with Crippen molar-refractivity contribution in [3.05, 3.63) is 18.0 Å². The van der Waals surface area contributed by atoms with E-state index < -0.39 is 0 Å². The van der Waals surface area contributed by atoms with Gasteiger partial charge in [0.25, 0.3) is 0 Å². The summed E-state index contributed by atoms with van der Waals surface area (Å²) in [7, 11) is 0. The van der Waals surface area contributed by atoms with E-state index in [2.05, 4.69) is 4.98 Å². The topological polar surface area (TPSA) is 38.9 Å². The fourth-order valence-corrected chi connectivity index (χ4v) is 2.16. The number of nitrogen functional groups attached to an aromatic ring is 1. The van der Waals surface area contributed by atoms with Gasteiger partial charge in [0.05, 0.1) is 10.6 Å². The van der Waals surface area contributed by atoms with Crippen LogP contribution in [0, 0.1) is 0 Å². The fourth-order valence-electron chi connectivity index (χ4n) is 1.10. The number of nitrogens with zero attached hydrogens (tertiary/aromatic N) is 1. The van der Waals surface area contributed by atoms with Gasteiger partial charge >= 0.3 is 0 Å². The molecule has 0 amide bonds. The van der Waals surface area contributed by atoms with Crippen molar-refractivity contribution >= 4 is 17.4 Å². The molecule has 2 rings (SSSR count). The Morgan fingerprint density at radius 2 is 2.50 bits per heavy atom. The molecule has 1 aromatic heterocycles. The number of hydrogen-bond donors (Lipinski definition) is 1. The number of fused-ring (bicyclic) bond motifs is 1. The number of anilines is 1. The second-order valence-electron chi connectivity index (χ2n) is 2.27. The van der Waals surface area contributed by atoms with Crippen LogP contribution in [0.4, 0.5) is 5.69 Å². The van der Waals surface area contributed by atoms with Gasteiger partial charge in [0.1, 0.15) is 0 Å². The highest BCUT2D eigenvalue weighted by Gasteiger charge is 2.14. The molecule has 52 valence electrons. The van der Waals surface area contributed by atoms with E-state index in [1.807, 2.05) is 6.07 Å². The fraction of sp³-hybridized carbons (Fsp3) is 0.286. The summed E-state index contributed by atoms with van der Waals surface area (Å²) in [6.07, 6.45) is 2.85. The first-order valence-electron chi connectivity index (χ1n) is 3.24. The minimum absolute atomic E-state index is 0.882. The first-order chi connectivity index (χ1) is 4.88. The minimum atomic E-state index is 0.882. The maximum atomic E-state index is 5.71. The van der Waals surface area contributed by atoms with Gasteiger partial charge in [-0.1, -0.05) is 0 Å². The van der Waals surface area contributed by atoms with Gasteiger partial charge in [-0.25, -0.2) is 0 Å². The Morgan fingerprint density at radius 1 is 1.60 bits per heavy atom. The number of rotatable bonds is 0. The zero-order valence-corrected chi connectivity index (χ0v) is 6.32. The first kappa shape index (κ1) is 6.04. The number of thioether (sulfide) groups is 1. The highest BCUT2D eigenvalue weighted by atomic mass is 32.2. The third-order valence-corrected chi connectivity index (χ3v) is 2.76. The van der Waals surface area contributed by atoms with Gasteiger partial charge in [0.2, 0.25) is 0 Å². The van der Waals surface area contributed by atoms with Crippen LogP contribution in [0.1, 0.15) is 5.69 Å². The quantitative estimate of drug-likeness (QED) is 0.609. The van der Waals surface area contributed by atoms with Gasteiger partial charge in [-0.05, 0) is 6.07 Å². The normalized spacial score (nSPS) is 15.2. The van der Waals surface area contributed by atoms with Gasteiger partial charge in [0, 0.05) is 24.1 Å². The standard InChI is InChI=1S/C7H8N2S/c8-5-1-3-9-6-2-4-10-7(5)6/h1,3H,2,4H2,(H2,8,9). The van der Waals surface area contributed by atoms with Crippen LogP contribution in [0.15, 0.2) is 17.2 Å². The Labute approximate surface area is 63.8 Å². The van der Waals surface area contributed by atoms with E-state index in [1.165, 1.54) is 10.6 Å². The third kappa shape index (κ3) is 0.778. The largest absolute Gasteiger partial charge is 0.398 e. The average Bonchev–Trinajstić information content (AvgIpc) is 2.36. The van der Waals surface area contributed by atoms with Crippen molar-refractivity contribution in [2.45, 2.75) is 11.3 Å². The van der Waals surface area contributed by atoms with Gasteiger partial charge < -0.3 is 5.73 Å². The van der Waals surface area contributed by atoms with Gasteiger partial charge in [0.15, 0.2) is 0 Å². The zero-order valence-electron chi connectivity index (χ0n) is 5.50. The van der Waals surface area contributed by atoms with E-state index in [1.54, 1.807) is 18.0 Å². The summed E-state index contributed by atoms with van der Waals surface area (Å²) >= 11 is 1.81. The van der Waals surface area contributed by atoms with E-state index >= 15 is 0 Å². The van der Waals surface area contributed by atoms with Crippen molar-refractivity contribution in [3.63, 3.8) is 0 Å². The van der Waals surface area contributed by atoms with Crippen molar-refractivity contribution in [3.8, 4) is 0 Å². The summed E-state index contributed by atoms with van der Waals surface area (Å²) in [5, 5.41) is 0. The summed E-state index contributed by atoms with van der Waals surface area (Å²) in [6, 6.07) is 1.86. The molecule has 0 unspecified atom stereocenters. The first-order valence-corrected chi connectivity index (χ1v) is 4.22. The molecule has 0 atom stereocenters. The van der Waals surface area contributed by atoms with Crippen LogP contribution in [0.2, 0.25) is 0 Å². The zero-order chi connectivity index (χ0) is 6.97.